The molecule has 184 valence electrons. The fourth-order valence-electron chi connectivity index (χ4n) is 4.01. The van der Waals surface area contributed by atoms with E-state index in [9.17, 15) is 19.1 Å². The number of ether oxygens (including phenoxy) is 1. The minimum Gasteiger partial charge on any atom is -0.481 e. The number of halogens is 2. The number of alkyl halides is 1. The SMILES string of the molecule is COC(C)(C)C#CC1=C(C(=O)NCC2CCC(C(=O)O)CC2)N(Cc2ccc(F)cc2)C(Cl)N1. The molecule has 9 heteroatoms. The van der Waals surface area contributed by atoms with Crippen LogP contribution in [0, 0.1) is 29.5 Å². The second kappa shape index (κ2) is 11.1. The minimum atomic E-state index is -0.753. The van der Waals surface area contributed by atoms with Crippen LogP contribution in [0.2, 0.25) is 0 Å². The molecule has 2 aliphatic rings. The van der Waals surface area contributed by atoms with Crippen LogP contribution in [0.1, 0.15) is 45.1 Å². The summed E-state index contributed by atoms with van der Waals surface area (Å²) >= 11 is 6.54. The van der Waals surface area contributed by atoms with Crippen LogP contribution in [0.4, 0.5) is 4.39 Å². The van der Waals surface area contributed by atoms with Crippen LogP contribution < -0.4 is 10.6 Å². The van der Waals surface area contributed by atoms with Crippen molar-refractivity contribution in [2.75, 3.05) is 13.7 Å². The molecular weight excluding hydrogens is 461 g/mol. The molecule has 1 heterocycles. The topological polar surface area (TPSA) is 90.9 Å². The number of methoxy groups -OCH3 is 1. The third kappa shape index (κ3) is 6.64. The van der Waals surface area contributed by atoms with Gasteiger partial charge in [-0.1, -0.05) is 29.7 Å². The monoisotopic (exact) mass is 491 g/mol. The van der Waals surface area contributed by atoms with E-state index in [1.54, 1.807) is 24.1 Å². The molecule has 3 rings (SSSR count). The molecular formula is C25H31ClFN3O4. The fourth-order valence-corrected chi connectivity index (χ4v) is 4.28. The molecule has 1 aliphatic heterocycles. The molecule has 7 nitrogen and oxygen atoms in total. The summed E-state index contributed by atoms with van der Waals surface area (Å²) < 4.78 is 18.7. The van der Waals surface area contributed by atoms with Gasteiger partial charge in [-0.3, -0.25) is 9.59 Å². The number of carbonyl (C=O) groups is 2. The van der Waals surface area contributed by atoms with E-state index >= 15 is 0 Å². The first-order chi connectivity index (χ1) is 16.1. The van der Waals surface area contributed by atoms with Crippen molar-refractivity contribution in [1.82, 2.24) is 15.5 Å². The number of benzene rings is 1. The summed E-state index contributed by atoms with van der Waals surface area (Å²) in [6, 6.07) is 6.02. The lowest BCUT2D eigenvalue weighted by Crippen LogP contribution is -2.39. The summed E-state index contributed by atoms with van der Waals surface area (Å²) in [5, 5.41) is 15.2. The zero-order valence-electron chi connectivity index (χ0n) is 19.7. The average Bonchev–Trinajstić information content (AvgIpc) is 3.13. The number of amides is 1. The fraction of sp³-hybridized carbons (Fsp3) is 0.520. The normalized spacial score (nSPS) is 22.6. The lowest BCUT2D eigenvalue weighted by atomic mass is 9.82. The first-order valence-electron chi connectivity index (χ1n) is 11.3. The number of nitrogens with one attached hydrogen (secondary N) is 2. The van der Waals surface area contributed by atoms with Crippen LogP contribution in [0.25, 0.3) is 0 Å². The Labute approximate surface area is 204 Å². The number of nitrogens with zero attached hydrogens (tertiary/aromatic N) is 1. The number of carboxylic acids is 1. The van der Waals surface area contributed by atoms with E-state index in [4.69, 9.17) is 16.3 Å². The third-order valence-electron chi connectivity index (χ3n) is 6.29. The van der Waals surface area contributed by atoms with Gasteiger partial charge in [0.2, 0.25) is 0 Å². The van der Waals surface area contributed by atoms with E-state index in [-0.39, 0.29) is 30.1 Å². The molecule has 1 amide bonds. The Morgan fingerprint density at radius 3 is 2.50 bits per heavy atom. The summed E-state index contributed by atoms with van der Waals surface area (Å²) in [5.41, 5.74) is 0.0530. The van der Waals surface area contributed by atoms with Crippen LogP contribution in [-0.2, 0) is 20.9 Å². The van der Waals surface area contributed by atoms with Crippen molar-refractivity contribution in [3.63, 3.8) is 0 Å². The van der Waals surface area contributed by atoms with Gasteiger partial charge < -0.3 is 25.4 Å². The second-order valence-corrected chi connectivity index (χ2v) is 9.60. The van der Waals surface area contributed by atoms with Gasteiger partial charge in [-0.2, -0.15) is 0 Å². The van der Waals surface area contributed by atoms with Crippen LogP contribution in [0.15, 0.2) is 35.7 Å². The van der Waals surface area contributed by atoms with Crippen LogP contribution in [0.3, 0.4) is 0 Å². The van der Waals surface area contributed by atoms with Gasteiger partial charge in [0.05, 0.1) is 5.92 Å². The molecule has 0 bridgehead atoms. The number of hydrogen-bond donors (Lipinski definition) is 3. The maximum absolute atomic E-state index is 13.3. The molecule has 1 aliphatic carbocycles. The predicted octanol–water partition coefficient (Wildman–Crippen LogP) is 3.40. The highest BCUT2D eigenvalue weighted by molar-refractivity contribution is 6.21. The molecule has 1 unspecified atom stereocenters. The Bertz CT molecular complexity index is 992. The summed E-state index contributed by atoms with van der Waals surface area (Å²) in [6.45, 7) is 4.36. The van der Waals surface area contributed by atoms with E-state index in [1.807, 2.05) is 13.8 Å². The molecule has 0 aromatic heterocycles. The highest BCUT2D eigenvalue weighted by Gasteiger charge is 2.34. The highest BCUT2D eigenvalue weighted by atomic mass is 35.5. The zero-order chi connectivity index (χ0) is 24.9. The number of hydrogen-bond acceptors (Lipinski definition) is 5. The molecule has 1 atom stereocenters. The predicted molar refractivity (Wildman–Crippen MR) is 127 cm³/mol. The molecule has 34 heavy (non-hydrogen) atoms. The largest absolute Gasteiger partial charge is 0.481 e. The number of allylic oxidation sites excluding steroid dienone is 1. The maximum atomic E-state index is 13.3. The number of rotatable bonds is 7. The van der Waals surface area contributed by atoms with Crippen molar-refractivity contribution in [1.29, 1.82) is 0 Å². The smallest absolute Gasteiger partial charge is 0.306 e. The van der Waals surface area contributed by atoms with Gasteiger partial charge >= 0.3 is 5.97 Å². The molecule has 0 saturated heterocycles. The van der Waals surface area contributed by atoms with E-state index in [2.05, 4.69) is 22.5 Å². The summed E-state index contributed by atoms with van der Waals surface area (Å²) in [4.78, 5) is 26.2. The molecule has 1 fully saturated rings. The number of carbonyl (C=O) groups excluding carboxylic acids is 1. The summed E-state index contributed by atoms with van der Waals surface area (Å²) in [5.74, 6) is 4.50. The standard InChI is InChI=1S/C25H31ClFN3O4/c1-25(2,34-3)13-12-20-21(22(31)28-14-16-4-8-18(9-5-16)23(32)33)30(24(26)29-20)15-17-6-10-19(27)11-7-17/h6-7,10-11,16,18,24,29H,4-5,8-9,14-15H2,1-3H3,(H,28,31)(H,32,33). The van der Waals surface area contributed by atoms with E-state index in [1.165, 1.54) is 12.1 Å². The lowest BCUT2D eigenvalue weighted by molar-refractivity contribution is -0.143. The van der Waals surface area contributed by atoms with Gasteiger partial charge in [0.15, 0.2) is 5.62 Å². The molecule has 1 saturated carbocycles. The van der Waals surface area contributed by atoms with Crippen LogP contribution in [0.5, 0.6) is 0 Å². The maximum Gasteiger partial charge on any atom is 0.306 e. The van der Waals surface area contributed by atoms with Crippen molar-refractivity contribution in [2.24, 2.45) is 11.8 Å². The average molecular weight is 492 g/mol. The van der Waals surface area contributed by atoms with Gasteiger partial charge in [-0.05, 0) is 69.1 Å². The van der Waals surface area contributed by atoms with Gasteiger partial charge in [-0.15, -0.1) is 0 Å². The Kier molecular flexibility index (Phi) is 8.45. The van der Waals surface area contributed by atoms with E-state index < -0.39 is 17.2 Å². The van der Waals surface area contributed by atoms with Crippen LogP contribution in [-0.4, -0.2) is 46.8 Å². The second-order valence-electron chi connectivity index (χ2n) is 9.19. The molecule has 3 N–H and O–H groups in total. The Balaban J connectivity index is 1.78. The first-order valence-corrected chi connectivity index (χ1v) is 11.8. The van der Waals surface area contributed by atoms with Gasteiger partial charge in [0, 0.05) is 20.2 Å². The minimum absolute atomic E-state index is 0.216. The number of carboxylic acid groups (broad SMARTS) is 1. The third-order valence-corrected chi connectivity index (χ3v) is 6.63. The lowest BCUT2D eigenvalue weighted by Gasteiger charge is -2.27. The molecule has 1 aromatic rings. The van der Waals surface area contributed by atoms with Gasteiger partial charge in [-0.25, -0.2) is 4.39 Å². The van der Waals surface area contributed by atoms with Crippen LogP contribution >= 0.6 is 11.6 Å². The van der Waals surface area contributed by atoms with E-state index in [0.717, 1.165) is 18.4 Å². The first kappa shape index (κ1) is 25.9. The Morgan fingerprint density at radius 2 is 1.91 bits per heavy atom. The molecule has 1 aromatic carbocycles. The summed E-state index contributed by atoms with van der Waals surface area (Å²) in [6.07, 6.45) is 2.73. The Morgan fingerprint density at radius 1 is 1.26 bits per heavy atom. The zero-order valence-corrected chi connectivity index (χ0v) is 20.4. The van der Waals surface area contributed by atoms with Crippen molar-refractivity contribution in [2.45, 2.75) is 57.3 Å². The van der Waals surface area contributed by atoms with E-state index in [0.29, 0.717) is 30.8 Å². The van der Waals surface area contributed by atoms with Gasteiger partial charge in [0.1, 0.15) is 22.8 Å². The molecule has 0 spiro atoms. The van der Waals surface area contributed by atoms with Gasteiger partial charge in [0.25, 0.3) is 5.91 Å². The van der Waals surface area contributed by atoms with Crippen molar-refractivity contribution in [3.8, 4) is 11.8 Å². The quantitative estimate of drug-likeness (QED) is 0.308. The number of aliphatic carboxylic acids is 1. The Hall–Kier alpha value is -2.76. The van der Waals surface area contributed by atoms with Crippen molar-refractivity contribution < 1.29 is 23.8 Å². The highest BCUT2D eigenvalue weighted by Crippen LogP contribution is 2.29. The van der Waals surface area contributed by atoms with Crippen molar-refractivity contribution >= 4 is 23.5 Å². The van der Waals surface area contributed by atoms with Crippen molar-refractivity contribution in [3.05, 3.63) is 47.0 Å². The summed E-state index contributed by atoms with van der Waals surface area (Å²) in [7, 11) is 1.56. The molecule has 0 radical (unpaired) electrons.